The van der Waals surface area contributed by atoms with Crippen LogP contribution in [0.4, 0.5) is 16.2 Å². The molecule has 0 spiro atoms. The summed E-state index contributed by atoms with van der Waals surface area (Å²) in [6.07, 6.45) is 5.83. The minimum Gasteiger partial charge on any atom is -0.493 e. The minimum atomic E-state index is -1.29. The molecule has 3 heterocycles. The second-order valence-corrected chi connectivity index (χ2v) is 11.3. The van der Waals surface area contributed by atoms with Gasteiger partial charge in [0.2, 0.25) is 11.5 Å². The Labute approximate surface area is 259 Å². The van der Waals surface area contributed by atoms with Gasteiger partial charge in [0.25, 0.3) is 0 Å². The van der Waals surface area contributed by atoms with Gasteiger partial charge in [0, 0.05) is 44.6 Å². The number of urea groups is 1. The van der Waals surface area contributed by atoms with Crippen molar-refractivity contribution in [1.82, 2.24) is 30.0 Å². The number of rotatable bonds is 12. The molecule has 0 radical (unpaired) electrons. The fourth-order valence-corrected chi connectivity index (χ4v) is 5.61. The molecule has 4 aromatic rings. The summed E-state index contributed by atoms with van der Waals surface area (Å²) in [6.45, 7) is 14.0. The average molecular weight is 598 g/mol. The van der Waals surface area contributed by atoms with Crippen molar-refractivity contribution in [1.29, 1.82) is 0 Å². The van der Waals surface area contributed by atoms with Gasteiger partial charge in [-0.25, -0.2) is 14.5 Å². The molecule has 11 heteroatoms. The molecule has 0 fully saturated rings. The van der Waals surface area contributed by atoms with Crippen molar-refractivity contribution in [3.63, 3.8) is 0 Å². The third-order valence-corrected chi connectivity index (χ3v) is 8.11. The van der Waals surface area contributed by atoms with Crippen LogP contribution in [0.15, 0.2) is 60.0 Å². The Bertz CT molecular complexity index is 1640. The van der Waals surface area contributed by atoms with Crippen LogP contribution in [-0.4, -0.2) is 63.1 Å². The number of hydrogen-bond donors (Lipinski definition) is 1. The van der Waals surface area contributed by atoms with Gasteiger partial charge in [-0.1, -0.05) is 31.0 Å². The molecule has 5 rings (SSSR count). The lowest BCUT2D eigenvalue weighted by Crippen LogP contribution is -2.61. The quantitative estimate of drug-likeness (QED) is 0.218. The molecule has 2 aromatic carbocycles. The maximum Gasteiger partial charge on any atom is 0.324 e. The number of ether oxygens (including phenoxy) is 1. The molecule has 0 bridgehead atoms. The Morgan fingerprint density at radius 3 is 2.57 bits per heavy atom. The zero-order valence-electron chi connectivity index (χ0n) is 26.8. The molecular weight excluding hydrogens is 554 g/mol. The average Bonchev–Trinajstić information content (AvgIpc) is 3.73. The molecule has 1 aliphatic heterocycles. The number of carbonyl (C=O) groups is 1. The molecule has 0 saturated carbocycles. The van der Waals surface area contributed by atoms with Crippen molar-refractivity contribution in [2.45, 2.75) is 66.5 Å². The zero-order chi connectivity index (χ0) is 31.4. The summed E-state index contributed by atoms with van der Waals surface area (Å²) < 4.78 is 7.84. The maximum absolute atomic E-state index is 14.3. The topological polar surface area (TPSA) is 106 Å². The molecule has 0 saturated heterocycles. The first-order valence-electron chi connectivity index (χ1n) is 15.3. The molecule has 1 atom stereocenters. The molecule has 2 amide bonds. The van der Waals surface area contributed by atoms with Crippen LogP contribution in [0, 0.1) is 20.8 Å². The Morgan fingerprint density at radius 1 is 1.07 bits per heavy atom. The Kier molecular flexibility index (Phi) is 9.03. The molecule has 1 N–H and O–H groups in total. The van der Waals surface area contributed by atoms with Crippen molar-refractivity contribution in [2.75, 3.05) is 36.5 Å². The first-order valence-corrected chi connectivity index (χ1v) is 15.3. The van der Waals surface area contributed by atoms with Gasteiger partial charge in [-0.2, -0.15) is 10.2 Å². The van der Waals surface area contributed by atoms with Crippen LogP contribution >= 0.6 is 0 Å². The van der Waals surface area contributed by atoms with E-state index in [1.54, 1.807) is 15.8 Å². The van der Waals surface area contributed by atoms with E-state index in [4.69, 9.17) is 19.9 Å². The van der Waals surface area contributed by atoms with Gasteiger partial charge in [0.15, 0.2) is 5.82 Å². The van der Waals surface area contributed by atoms with E-state index in [2.05, 4.69) is 55.3 Å². The van der Waals surface area contributed by atoms with Gasteiger partial charge < -0.3 is 15.0 Å². The molecule has 1 unspecified atom stereocenters. The van der Waals surface area contributed by atoms with E-state index >= 15 is 0 Å². The second kappa shape index (κ2) is 12.9. The standard InChI is InChI=1S/C33H43N9O2/c1-8-10-17-34-32(43)41(28-14-13-27(22-24(28)4)39(7)9-2)33(40-19-11-18-35-40)26(6)37-42-31(33)36-30(38-42)16-20-44-29-15-12-23(3)21-25(29)5/h11-15,18-19,21-22H,8-10,16-17,20H2,1-7H3,(H,34,43). The number of aryl methyl sites for hydroxylation is 3. The van der Waals surface area contributed by atoms with E-state index in [0.717, 1.165) is 47.6 Å². The fraction of sp³-hybridized carbons (Fsp3) is 0.424. The summed E-state index contributed by atoms with van der Waals surface area (Å²) in [5.41, 5.74) is 4.34. The van der Waals surface area contributed by atoms with Crippen LogP contribution in [0.3, 0.4) is 0 Å². The van der Waals surface area contributed by atoms with Gasteiger partial charge in [-0.3, -0.25) is 4.90 Å². The molecule has 11 nitrogen and oxygen atoms in total. The SMILES string of the molecule is CCCCNC(=O)N(c1ccc(N(C)CC)cc1C)C1(n2cccn2)C(C)=Nn2nc(CCOc3ccc(C)cc3C)nc21. The van der Waals surface area contributed by atoms with Crippen molar-refractivity contribution >= 4 is 23.1 Å². The Morgan fingerprint density at radius 2 is 1.89 bits per heavy atom. The number of carbonyl (C=O) groups excluding carboxylic acids is 1. The lowest BCUT2D eigenvalue weighted by Gasteiger charge is -2.40. The number of nitrogens with one attached hydrogen (secondary N) is 1. The van der Waals surface area contributed by atoms with Crippen LogP contribution in [0.25, 0.3) is 0 Å². The molecular formula is C33H43N9O2. The molecule has 44 heavy (non-hydrogen) atoms. The van der Waals surface area contributed by atoms with Gasteiger partial charge in [-0.15, -0.1) is 9.89 Å². The summed E-state index contributed by atoms with van der Waals surface area (Å²) in [7, 11) is 2.05. The number of amides is 2. The predicted molar refractivity (Wildman–Crippen MR) is 174 cm³/mol. The van der Waals surface area contributed by atoms with Crippen molar-refractivity contribution in [2.24, 2.45) is 5.10 Å². The van der Waals surface area contributed by atoms with E-state index in [0.29, 0.717) is 36.9 Å². The maximum atomic E-state index is 14.3. The van der Waals surface area contributed by atoms with E-state index in [9.17, 15) is 4.79 Å². The zero-order valence-corrected chi connectivity index (χ0v) is 26.8. The summed E-state index contributed by atoms with van der Waals surface area (Å²) in [6, 6.07) is 13.8. The third kappa shape index (κ3) is 5.66. The number of hydrogen-bond acceptors (Lipinski definition) is 7. The van der Waals surface area contributed by atoms with E-state index in [-0.39, 0.29) is 6.03 Å². The normalized spacial score (nSPS) is 15.6. The molecule has 0 aliphatic carbocycles. The van der Waals surface area contributed by atoms with Crippen LogP contribution in [-0.2, 0) is 12.1 Å². The van der Waals surface area contributed by atoms with E-state index in [1.165, 1.54) is 10.4 Å². The first-order chi connectivity index (χ1) is 21.2. The largest absolute Gasteiger partial charge is 0.493 e. The van der Waals surface area contributed by atoms with Crippen LogP contribution in [0.1, 0.15) is 62.0 Å². The highest BCUT2D eigenvalue weighted by Gasteiger charge is 2.55. The first kappa shape index (κ1) is 30.8. The molecule has 1 aliphatic rings. The highest BCUT2D eigenvalue weighted by atomic mass is 16.5. The monoisotopic (exact) mass is 597 g/mol. The smallest absolute Gasteiger partial charge is 0.324 e. The lowest BCUT2D eigenvalue weighted by atomic mass is 9.99. The van der Waals surface area contributed by atoms with Crippen molar-refractivity contribution in [3.05, 3.63) is 83.2 Å². The summed E-state index contributed by atoms with van der Waals surface area (Å²) >= 11 is 0. The number of benzene rings is 2. The minimum absolute atomic E-state index is 0.264. The predicted octanol–water partition coefficient (Wildman–Crippen LogP) is 5.43. The number of unbranched alkanes of at least 4 members (excludes halogenated alkanes) is 1. The van der Waals surface area contributed by atoms with Crippen molar-refractivity contribution in [3.8, 4) is 5.75 Å². The van der Waals surface area contributed by atoms with E-state index < -0.39 is 5.66 Å². The summed E-state index contributed by atoms with van der Waals surface area (Å²) in [5.74, 6) is 1.89. The lowest BCUT2D eigenvalue weighted by molar-refractivity contribution is 0.237. The van der Waals surface area contributed by atoms with Crippen LogP contribution < -0.4 is 19.9 Å². The second-order valence-electron chi connectivity index (χ2n) is 11.3. The number of anilines is 2. The summed E-state index contributed by atoms with van der Waals surface area (Å²) in [4.78, 5) is 24.7. The molecule has 2 aromatic heterocycles. The Hall–Kier alpha value is -4.67. The highest BCUT2D eigenvalue weighted by molar-refractivity contribution is 6.06. The van der Waals surface area contributed by atoms with E-state index in [1.807, 2.05) is 57.3 Å². The molecule has 232 valence electrons. The summed E-state index contributed by atoms with van der Waals surface area (Å²) in [5, 5.41) is 17.3. The van der Waals surface area contributed by atoms with Crippen LogP contribution in [0.5, 0.6) is 5.75 Å². The van der Waals surface area contributed by atoms with Crippen LogP contribution in [0.2, 0.25) is 0 Å². The number of nitrogens with zero attached hydrogens (tertiary/aromatic N) is 8. The van der Waals surface area contributed by atoms with Gasteiger partial charge in [-0.05, 0) is 82.5 Å². The fourth-order valence-electron chi connectivity index (χ4n) is 5.61. The Balaban J connectivity index is 1.58. The third-order valence-electron chi connectivity index (χ3n) is 8.11. The number of aromatic nitrogens is 5. The van der Waals surface area contributed by atoms with Gasteiger partial charge in [0.1, 0.15) is 5.75 Å². The van der Waals surface area contributed by atoms with Gasteiger partial charge >= 0.3 is 6.03 Å². The highest BCUT2D eigenvalue weighted by Crippen LogP contribution is 2.40. The number of fused-ring (bicyclic) bond motifs is 1. The van der Waals surface area contributed by atoms with Crippen molar-refractivity contribution < 1.29 is 9.53 Å². The van der Waals surface area contributed by atoms with Gasteiger partial charge in [0.05, 0.1) is 18.0 Å².